The van der Waals surface area contributed by atoms with Crippen molar-refractivity contribution < 1.29 is 69.1 Å². The molecule has 1 aromatic carbocycles. The van der Waals surface area contributed by atoms with Crippen molar-refractivity contribution in [1.29, 1.82) is 0 Å². The van der Waals surface area contributed by atoms with E-state index in [0.29, 0.717) is 5.82 Å². The van der Waals surface area contributed by atoms with Crippen LogP contribution < -0.4 is 61.6 Å². The Labute approximate surface area is 163 Å². The first kappa shape index (κ1) is 18.7. The molecular weight excluding hydrogens is 309 g/mol. The molecule has 4 nitrogen and oxygen atoms in total. The zero-order valence-electron chi connectivity index (χ0n) is 12.1. The molecule has 0 radical (unpaired) electrons. The Balaban J connectivity index is 0.00000220. The molecule has 1 aromatic heterocycles. The van der Waals surface area contributed by atoms with Crippen LogP contribution in [0.15, 0.2) is 30.6 Å². The number of hydrogen-bond donors (Lipinski definition) is 0. The number of hydrogen-bond acceptors (Lipinski definition) is 3. The Bertz CT molecular complexity index is 589. The van der Waals surface area contributed by atoms with Crippen LogP contribution in [0.3, 0.4) is 0 Å². The van der Waals surface area contributed by atoms with Crippen molar-refractivity contribution in [3.8, 4) is 5.75 Å². The summed E-state index contributed by atoms with van der Waals surface area (Å²) in [4.78, 5) is 4.00. The average Bonchev–Trinajstić information content (AvgIpc) is 2.84. The predicted molar refractivity (Wildman–Crippen MR) is 69.9 cm³/mol. The summed E-state index contributed by atoms with van der Waals surface area (Å²) in [6.07, 6.45) is 1.36. The van der Waals surface area contributed by atoms with E-state index in [-0.39, 0.29) is 69.8 Å². The second-order valence-corrected chi connectivity index (χ2v) is 4.62. The van der Waals surface area contributed by atoms with E-state index in [9.17, 15) is 12.9 Å². The van der Waals surface area contributed by atoms with E-state index in [4.69, 9.17) is 4.74 Å². The zero-order valence-corrected chi connectivity index (χ0v) is 15.3. The van der Waals surface area contributed by atoms with E-state index in [0.717, 1.165) is 6.07 Å². The van der Waals surface area contributed by atoms with Crippen molar-refractivity contribution in [3.63, 3.8) is 0 Å². The minimum Gasteiger partial charge on any atom is -0.489 e. The van der Waals surface area contributed by atoms with Crippen LogP contribution in [-0.4, -0.2) is 21.7 Å². The van der Waals surface area contributed by atoms with Crippen molar-refractivity contribution in [2.24, 2.45) is 0 Å². The second kappa shape index (κ2) is 7.78. The van der Waals surface area contributed by atoms with Gasteiger partial charge in [-0.05, 0) is 19.9 Å². The molecule has 108 valence electrons. The van der Waals surface area contributed by atoms with Gasteiger partial charge in [0.2, 0.25) is 0 Å². The summed E-state index contributed by atoms with van der Waals surface area (Å²) in [6.45, 7) is -1.34. The van der Waals surface area contributed by atoms with E-state index in [2.05, 4.69) is 10.1 Å². The number of rotatable bonds is 5. The summed E-state index contributed by atoms with van der Waals surface area (Å²) in [6, 6.07) is 5.24. The number of aromatic nitrogens is 3. The van der Waals surface area contributed by atoms with E-state index >= 15 is 0 Å². The van der Waals surface area contributed by atoms with Gasteiger partial charge >= 0.3 is 58.4 Å². The van der Waals surface area contributed by atoms with Crippen LogP contribution in [0, 0.1) is 0 Å². The van der Waals surface area contributed by atoms with Crippen molar-refractivity contribution in [2.45, 2.75) is 26.5 Å². The molecule has 0 bridgehead atoms. The summed E-state index contributed by atoms with van der Waals surface area (Å²) >= 11 is 0. The van der Waals surface area contributed by atoms with E-state index < -0.39 is 12.4 Å². The Kier molecular flexibility index (Phi) is 6.92. The van der Waals surface area contributed by atoms with E-state index in [1.165, 1.54) is 24.5 Å². The second-order valence-electron chi connectivity index (χ2n) is 4.62. The Morgan fingerprint density at radius 2 is 1.90 bits per heavy atom. The first-order valence-corrected chi connectivity index (χ1v) is 6.19. The normalized spacial score (nSPS) is 11.3. The van der Waals surface area contributed by atoms with E-state index in [1.807, 2.05) is 13.8 Å². The van der Waals surface area contributed by atoms with Crippen LogP contribution in [0.2, 0.25) is 0 Å². The third kappa shape index (κ3) is 4.82. The molecule has 0 aliphatic heterocycles. The fourth-order valence-corrected chi connectivity index (χ4v) is 1.83. The summed E-state index contributed by atoms with van der Waals surface area (Å²) in [5.41, 5.74) is -0.733. The van der Waals surface area contributed by atoms with Crippen molar-refractivity contribution in [1.82, 2.24) is 14.8 Å². The molecule has 0 saturated heterocycles. The molecule has 0 amide bonds. The SMILES string of the molecule is CC(C)n1ncnc1COc1ccccc1[B-](F)(F)F.[K+]. The smallest absolute Gasteiger partial charge is 0.489 e. The Hall–Kier alpha value is -0.349. The molecule has 0 aliphatic carbocycles. The third-order valence-corrected chi connectivity index (χ3v) is 2.76. The molecule has 2 rings (SSSR count). The maximum absolute atomic E-state index is 12.9. The number of nitrogens with zero attached hydrogens (tertiary/aromatic N) is 3. The van der Waals surface area contributed by atoms with Crippen LogP contribution in [0.5, 0.6) is 5.75 Å². The molecule has 0 aliphatic rings. The molecule has 0 unspecified atom stereocenters. The number of para-hydroxylation sites is 1. The number of benzene rings is 1. The molecular formula is C12H14BF3KN3O. The molecule has 21 heavy (non-hydrogen) atoms. The summed E-state index contributed by atoms with van der Waals surface area (Å²) in [7, 11) is 0. The van der Waals surface area contributed by atoms with Crippen molar-refractivity contribution in [2.75, 3.05) is 0 Å². The Morgan fingerprint density at radius 1 is 1.24 bits per heavy atom. The predicted octanol–water partition coefficient (Wildman–Crippen LogP) is -0.504. The largest absolute Gasteiger partial charge is 1.00 e. The van der Waals surface area contributed by atoms with Crippen LogP contribution in [-0.2, 0) is 6.61 Å². The van der Waals surface area contributed by atoms with Crippen molar-refractivity contribution >= 4 is 12.4 Å². The fraction of sp³-hybridized carbons (Fsp3) is 0.333. The van der Waals surface area contributed by atoms with Crippen LogP contribution in [0.4, 0.5) is 12.9 Å². The van der Waals surface area contributed by atoms with Gasteiger partial charge in [0.05, 0.1) is 5.75 Å². The average molecular weight is 323 g/mol. The molecule has 0 spiro atoms. The molecule has 1 heterocycles. The quantitative estimate of drug-likeness (QED) is 0.697. The van der Waals surface area contributed by atoms with Gasteiger partial charge in [0.1, 0.15) is 12.9 Å². The summed E-state index contributed by atoms with van der Waals surface area (Å²) in [5.74, 6) is 0.308. The number of ether oxygens (including phenoxy) is 1. The van der Waals surface area contributed by atoms with Gasteiger partial charge in [-0.1, -0.05) is 23.7 Å². The topological polar surface area (TPSA) is 39.9 Å². The minimum absolute atomic E-state index is 0. The monoisotopic (exact) mass is 323 g/mol. The van der Waals surface area contributed by atoms with Gasteiger partial charge < -0.3 is 17.7 Å². The van der Waals surface area contributed by atoms with Crippen LogP contribution in [0.1, 0.15) is 25.7 Å². The molecule has 9 heteroatoms. The molecule has 0 fully saturated rings. The van der Waals surface area contributed by atoms with Gasteiger partial charge in [0.15, 0.2) is 5.82 Å². The Morgan fingerprint density at radius 3 is 2.52 bits per heavy atom. The first-order chi connectivity index (χ1) is 9.39. The van der Waals surface area contributed by atoms with Gasteiger partial charge in [-0.2, -0.15) is 5.10 Å². The third-order valence-electron chi connectivity index (χ3n) is 2.76. The first-order valence-electron chi connectivity index (χ1n) is 6.19. The number of halogens is 3. The van der Waals surface area contributed by atoms with Crippen molar-refractivity contribution in [3.05, 3.63) is 36.4 Å². The van der Waals surface area contributed by atoms with Crippen LogP contribution >= 0.6 is 0 Å². The minimum atomic E-state index is -5.10. The maximum atomic E-state index is 12.9. The van der Waals surface area contributed by atoms with Gasteiger partial charge in [0, 0.05) is 6.04 Å². The van der Waals surface area contributed by atoms with Crippen LogP contribution in [0.25, 0.3) is 0 Å². The maximum Gasteiger partial charge on any atom is 1.00 e. The molecule has 0 saturated carbocycles. The van der Waals surface area contributed by atoms with Gasteiger partial charge in [0.25, 0.3) is 0 Å². The van der Waals surface area contributed by atoms with Gasteiger partial charge in [-0.15, -0.1) is 0 Å². The summed E-state index contributed by atoms with van der Waals surface area (Å²) in [5, 5.41) is 4.01. The molecule has 2 aromatic rings. The standard InChI is InChI=1S/C12H14BF3N3O.K/c1-9(2)19-12(17-8-18-19)7-20-11-6-4-3-5-10(11)13(14,15)16;/h3-6,8-9H,7H2,1-2H3;/q-1;+1. The fourth-order valence-electron chi connectivity index (χ4n) is 1.83. The zero-order chi connectivity index (χ0) is 14.8. The summed E-state index contributed by atoms with van der Waals surface area (Å²) < 4.78 is 45.5. The molecule has 0 N–H and O–H groups in total. The van der Waals surface area contributed by atoms with Gasteiger partial charge in [-0.25, -0.2) is 9.67 Å². The molecule has 0 atom stereocenters. The van der Waals surface area contributed by atoms with Gasteiger partial charge in [-0.3, -0.25) is 0 Å². The van der Waals surface area contributed by atoms with E-state index in [1.54, 1.807) is 4.68 Å².